The maximum Gasteiger partial charge on any atom is 0.339 e. The van der Waals surface area contributed by atoms with Crippen LogP contribution in [0.4, 0.5) is 5.82 Å². The summed E-state index contributed by atoms with van der Waals surface area (Å²) >= 11 is 0. The first-order valence-corrected chi connectivity index (χ1v) is 4.45. The van der Waals surface area contributed by atoms with Crippen molar-refractivity contribution in [3.8, 4) is 0 Å². The van der Waals surface area contributed by atoms with Gasteiger partial charge in [-0.3, -0.25) is 4.99 Å². The van der Waals surface area contributed by atoms with Crippen LogP contribution in [0.15, 0.2) is 28.4 Å². The Labute approximate surface area is 93.3 Å². The second-order valence-electron chi connectivity index (χ2n) is 2.76. The van der Waals surface area contributed by atoms with Crippen molar-refractivity contribution >= 4 is 24.8 Å². The van der Waals surface area contributed by atoms with Gasteiger partial charge < -0.3 is 4.74 Å². The number of aromatic nitrogens is 1. The molecule has 6 heteroatoms. The van der Waals surface area contributed by atoms with E-state index >= 15 is 0 Å². The molecule has 1 heterocycles. The van der Waals surface area contributed by atoms with Gasteiger partial charge in [-0.1, -0.05) is 0 Å². The fraction of sp³-hybridized carbons (Fsp3) is 0.200. The van der Waals surface area contributed by atoms with E-state index in [1.165, 1.54) is 24.7 Å². The molecule has 0 spiro atoms. The van der Waals surface area contributed by atoms with E-state index in [-0.39, 0.29) is 0 Å². The smallest absolute Gasteiger partial charge is 0.339 e. The van der Waals surface area contributed by atoms with E-state index in [2.05, 4.69) is 26.5 Å². The molecule has 0 radical (unpaired) electrons. The second-order valence-corrected chi connectivity index (χ2v) is 2.76. The molecular formula is C10H12N4O2. The Morgan fingerprint density at radius 1 is 1.62 bits per heavy atom. The highest BCUT2D eigenvalue weighted by Crippen LogP contribution is 2.10. The standard InChI is InChI=1S/C10H12N4O2/c1-11-7-14(12-2)9-5-4-8(6-13-9)10(15)16-3/h4-7H,2H2,1,3H3/b11-7-. The predicted molar refractivity (Wildman–Crippen MR) is 62.0 cm³/mol. The third-order valence-corrected chi connectivity index (χ3v) is 1.78. The molecule has 0 aliphatic heterocycles. The number of hydrogen-bond donors (Lipinski definition) is 0. The van der Waals surface area contributed by atoms with Crippen LogP contribution in [0.1, 0.15) is 10.4 Å². The lowest BCUT2D eigenvalue weighted by molar-refractivity contribution is 0.0600. The number of ether oxygens (including phenoxy) is 1. The number of methoxy groups -OCH3 is 1. The zero-order valence-corrected chi connectivity index (χ0v) is 9.12. The summed E-state index contributed by atoms with van der Waals surface area (Å²) < 4.78 is 4.56. The number of carbonyl (C=O) groups excluding carboxylic acids is 1. The highest BCUT2D eigenvalue weighted by Gasteiger charge is 2.07. The van der Waals surface area contributed by atoms with Crippen LogP contribution >= 0.6 is 0 Å². The van der Waals surface area contributed by atoms with Crippen molar-refractivity contribution in [3.05, 3.63) is 23.9 Å². The van der Waals surface area contributed by atoms with Crippen molar-refractivity contribution in [3.63, 3.8) is 0 Å². The quantitative estimate of drug-likeness (QED) is 0.328. The lowest BCUT2D eigenvalue weighted by atomic mass is 10.3. The zero-order chi connectivity index (χ0) is 12.0. The monoisotopic (exact) mass is 220 g/mol. The highest BCUT2D eigenvalue weighted by molar-refractivity contribution is 5.89. The number of hydrogen-bond acceptors (Lipinski definition) is 5. The van der Waals surface area contributed by atoms with Gasteiger partial charge in [0.1, 0.15) is 6.34 Å². The van der Waals surface area contributed by atoms with Gasteiger partial charge >= 0.3 is 5.97 Å². The fourth-order valence-electron chi connectivity index (χ4n) is 1.04. The Morgan fingerprint density at radius 3 is 2.81 bits per heavy atom. The first-order valence-electron chi connectivity index (χ1n) is 4.45. The van der Waals surface area contributed by atoms with Gasteiger partial charge in [-0.05, 0) is 12.1 Å². The number of esters is 1. The van der Waals surface area contributed by atoms with Crippen LogP contribution in [0.2, 0.25) is 0 Å². The van der Waals surface area contributed by atoms with Crippen molar-refractivity contribution in [1.29, 1.82) is 0 Å². The van der Waals surface area contributed by atoms with E-state index in [0.29, 0.717) is 11.4 Å². The second kappa shape index (κ2) is 5.59. The topological polar surface area (TPSA) is 67.2 Å². The summed E-state index contributed by atoms with van der Waals surface area (Å²) in [6.45, 7) is 3.38. The zero-order valence-electron chi connectivity index (χ0n) is 9.12. The molecule has 0 unspecified atom stereocenters. The van der Waals surface area contributed by atoms with E-state index in [9.17, 15) is 4.79 Å². The number of rotatable bonds is 4. The minimum Gasteiger partial charge on any atom is -0.465 e. The van der Waals surface area contributed by atoms with E-state index in [1.807, 2.05) is 0 Å². The summed E-state index contributed by atoms with van der Waals surface area (Å²) in [5.41, 5.74) is 0.378. The van der Waals surface area contributed by atoms with Crippen LogP contribution in [-0.2, 0) is 4.74 Å². The summed E-state index contributed by atoms with van der Waals surface area (Å²) in [4.78, 5) is 19.0. The molecule has 0 saturated heterocycles. The van der Waals surface area contributed by atoms with Gasteiger partial charge in [-0.25, -0.2) is 14.8 Å². The normalized spacial score (nSPS) is 10.1. The molecule has 0 amide bonds. The molecule has 16 heavy (non-hydrogen) atoms. The minimum atomic E-state index is -0.429. The summed E-state index contributed by atoms with van der Waals surface area (Å²) in [5.74, 6) is 0.0922. The number of nitrogens with zero attached hydrogens (tertiary/aromatic N) is 4. The average molecular weight is 220 g/mol. The molecule has 1 aromatic rings. The number of aliphatic imine (C=N–C) groups is 1. The average Bonchev–Trinajstić information content (AvgIpc) is 2.35. The Bertz CT molecular complexity index is 400. The Hall–Kier alpha value is -2.24. The Balaban J connectivity index is 2.93. The summed E-state index contributed by atoms with van der Waals surface area (Å²) in [6.07, 6.45) is 2.87. The third-order valence-electron chi connectivity index (χ3n) is 1.78. The minimum absolute atomic E-state index is 0.378. The molecule has 84 valence electrons. The summed E-state index contributed by atoms with van der Waals surface area (Å²) in [7, 11) is 2.93. The molecule has 1 rings (SSSR count). The van der Waals surface area contributed by atoms with Crippen molar-refractivity contribution in [2.24, 2.45) is 10.1 Å². The molecule has 0 fully saturated rings. The molecule has 6 nitrogen and oxygen atoms in total. The first kappa shape index (κ1) is 11.8. The van der Waals surface area contributed by atoms with E-state index in [4.69, 9.17) is 0 Å². The van der Waals surface area contributed by atoms with Crippen LogP contribution in [0, 0.1) is 0 Å². The maximum atomic E-state index is 11.2. The molecule has 0 N–H and O–H groups in total. The van der Waals surface area contributed by atoms with Gasteiger partial charge in [0.05, 0.1) is 12.7 Å². The van der Waals surface area contributed by atoms with Crippen molar-refractivity contribution in [1.82, 2.24) is 4.98 Å². The Morgan fingerprint density at radius 2 is 2.38 bits per heavy atom. The lowest BCUT2D eigenvalue weighted by Crippen LogP contribution is -2.14. The van der Waals surface area contributed by atoms with Crippen molar-refractivity contribution < 1.29 is 9.53 Å². The largest absolute Gasteiger partial charge is 0.465 e. The van der Waals surface area contributed by atoms with E-state index in [1.54, 1.807) is 19.2 Å². The van der Waals surface area contributed by atoms with Crippen LogP contribution < -0.4 is 5.01 Å². The van der Waals surface area contributed by atoms with Crippen molar-refractivity contribution in [2.75, 3.05) is 19.2 Å². The van der Waals surface area contributed by atoms with Gasteiger partial charge in [0.25, 0.3) is 0 Å². The van der Waals surface area contributed by atoms with Gasteiger partial charge in [-0.2, -0.15) is 5.10 Å². The predicted octanol–water partition coefficient (Wildman–Crippen LogP) is 0.948. The van der Waals surface area contributed by atoms with Gasteiger partial charge in [0, 0.05) is 20.0 Å². The van der Waals surface area contributed by atoms with Crippen LogP contribution in [0.5, 0.6) is 0 Å². The summed E-state index contributed by atoms with van der Waals surface area (Å²) in [5, 5.41) is 5.09. The molecule has 1 aromatic heterocycles. The SMILES string of the molecule is C=NN(/C=N\C)c1ccc(C(=O)OC)cn1. The van der Waals surface area contributed by atoms with E-state index < -0.39 is 5.97 Å². The van der Waals surface area contributed by atoms with Crippen molar-refractivity contribution in [2.45, 2.75) is 0 Å². The van der Waals surface area contributed by atoms with Crippen LogP contribution in [-0.4, -0.2) is 38.2 Å². The number of hydrazone groups is 1. The molecule has 0 saturated carbocycles. The summed E-state index contributed by atoms with van der Waals surface area (Å²) in [6, 6.07) is 3.22. The van der Waals surface area contributed by atoms with Gasteiger partial charge in [0.15, 0.2) is 5.82 Å². The third kappa shape index (κ3) is 2.63. The van der Waals surface area contributed by atoms with E-state index in [0.717, 1.165) is 0 Å². The maximum absolute atomic E-state index is 11.2. The first-order chi connectivity index (χ1) is 7.72. The number of carbonyl (C=O) groups is 1. The molecule has 0 atom stereocenters. The fourth-order valence-corrected chi connectivity index (χ4v) is 1.04. The molecule has 0 aliphatic carbocycles. The molecule has 0 bridgehead atoms. The number of anilines is 1. The van der Waals surface area contributed by atoms with Gasteiger partial charge in [-0.15, -0.1) is 0 Å². The van der Waals surface area contributed by atoms with Crippen LogP contribution in [0.3, 0.4) is 0 Å². The van der Waals surface area contributed by atoms with Crippen LogP contribution in [0.25, 0.3) is 0 Å². The van der Waals surface area contributed by atoms with Gasteiger partial charge in [0.2, 0.25) is 0 Å². The molecule has 0 aliphatic rings. The molecular weight excluding hydrogens is 208 g/mol. The highest BCUT2D eigenvalue weighted by atomic mass is 16.5. The lowest BCUT2D eigenvalue weighted by Gasteiger charge is -2.10. The number of pyridine rings is 1. The molecule has 0 aromatic carbocycles. The Kier molecular flexibility index (Phi) is 4.14.